The van der Waals surface area contributed by atoms with Crippen LogP contribution in [0.5, 0.6) is 0 Å². The molecule has 0 saturated carbocycles. The van der Waals surface area contributed by atoms with Gasteiger partial charge in [0.15, 0.2) is 5.12 Å². The monoisotopic (exact) mass is 293 g/mol. The minimum absolute atomic E-state index is 0.0116. The molecular formula is C15H19NO3S. The quantitative estimate of drug-likeness (QED) is 0.757. The molecule has 0 saturated heterocycles. The number of amides is 1. The van der Waals surface area contributed by atoms with Gasteiger partial charge in [0, 0.05) is 12.7 Å². The lowest BCUT2D eigenvalue weighted by Gasteiger charge is -2.16. The second-order valence-electron chi connectivity index (χ2n) is 4.47. The van der Waals surface area contributed by atoms with E-state index in [0.717, 1.165) is 17.3 Å². The van der Waals surface area contributed by atoms with E-state index < -0.39 is 0 Å². The maximum Gasteiger partial charge on any atom is 0.224 e. The van der Waals surface area contributed by atoms with Crippen molar-refractivity contribution in [1.82, 2.24) is 5.32 Å². The summed E-state index contributed by atoms with van der Waals surface area (Å²) in [6, 6.07) is 9.64. The van der Waals surface area contributed by atoms with Crippen molar-refractivity contribution in [2.75, 3.05) is 12.3 Å². The van der Waals surface area contributed by atoms with Crippen LogP contribution in [0.3, 0.4) is 0 Å². The van der Waals surface area contributed by atoms with Gasteiger partial charge in [0.1, 0.15) is 5.76 Å². The fourth-order valence-electron chi connectivity index (χ4n) is 1.68. The van der Waals surface area contributed by atoms with Gasteiger partial charge in [-0.1, -0.05) is 48.7 Å². The Hall–Kier alpha value is -1.75. The third-order valence-electron chi connectivity index (χ3n) is 2.65. The average molecular weight is 293 g/mol. The van der Waals surface area contributed by atoms with Crippen LogP contribution in [-0.4, -0.2) is 28.4 Å². The lowest BCUT2D eigenvalue weighted by molar-refractivity contribution is -0.124. The summed E-state index contributed by atoms with van der Waals surface area (Å²) in [5.41, 5.74) is 1.04. The average Bonchev–Trinajstić information content (AvgIpc) is 2.41. The fourth-order valence-corrected chi connectivity index (χ4v) is 2.38. The maximum absolute atomic E-state index is 12.1. The van der Waals surface area contributed by atoms with Crippen LogP contribution >= 0.6 is 11.8 Å². The van der Waals surface area contributed by atoms with Crippen molar-refractivity contribution in [3.8, 4) is 0 Å². The SMILES string of the molecule is C=C(O)CNC(=O)[C@H](CSC(C)=O)Cc1ccccc1. The Kier molecular flexibility index (Phi) is 6.87. The van der Waals surface area contributed by atoms with Gasteiger partial charge in [-0.25, -0.2) is 0 Å². The smallest absolute Gasteiger partial charge is 0.224 e. The molecule has 1 aromatic carbocycles. The molecule has 0 spiro atoms. The summed E-state index contributed by atoms with van der Waals surface area (Å²) in [5, 5.41) is 11.6. The zero-order valence-electron chi connectivity index (χ0n) is 11.5. The number of carbonyl (C=O) groups is 2. The van der Waals surface area contributed by atoms with Crippen LogP contribution in [0.4, 0.5) is 0 Å². The summed E-state index contributed by atoms with van der Waals surface area (Å²) in [6.45, 7) is 4.85. The van der Waals surface area contributed by atoms with E-state index in [1.165, 1.54) is 6.92 Å². The van der Waals surface area contributed by atoms with Crippen molar-refractivity contribution in [2.24, 2.45) is 5.92 Å². The highest BCUT2D eigenvalue weighted by Gasteiger charge is 2.19. The Bertz CT molecular complexity index is 473. The van der Waals surface area contributed by atoms with E-state index in [-0.39, 0.29) is 29.2 Å². The van der Waals surface area contributed by atoms with E-state index >= 15 is 0 Å². The molecule has 0 aromatic heterocycles. The van der Waals surface area contributed by atoms with Gasteiger partial charge in [-0.05, 0) is 12.0 Å². The Balaban J connectivity index is 2.66. The summed E-state index contributed by atoms with van der Waals surface area (Å²) in [6.07, 6.45) is 0.560. The number of aliphatic hydroxyl groups excluding tert-OH is 1. The third-order valence-corrected chi connectivity index (χ3v) is 3.63. The number of nitrogens with one attached hydrogen (secondary N) is 1. The van der Waals surface area contributed by atoms with Gasteiger partial charge in [0.2, 0.25) is 5.91 Å². The van der Waals surface area contributed by atoms with Gasteiger partial charge in [-0.15, -0.1) is 0 Å². The third kappa shape index (κ3) is 6.43. The van der Waals surface area contributed by atoms with Crippen LogP contribution in [0.2, 0.25) is 0 Å². The van der Waals surface area contributed by atoms with Crippen LogP contribution in [0.25, 0.3) is 0 Å². The topological polar surface area (TPSA) is 66.4 Å². The molecule has 0 heterocycles. The molecule has 0 aliphatic heterocycles. The summed E-state index contributed by atoms with van der Waals surface area (Å²) < 4.78 is 0. The van der Waals surface area contributed by atoms with E-state index in [4.69, 9.17) is 5.11 Å². The molecule has 0 bridgehead atoms. The minimum atomic E-state index is -0.314. The standard InChI is InChI=1S/C15H19NO3S/c1-11(17)9-16-15(19)14(10-20-12(2)18)8-13-6-4-3-5-7-13/h3-7,14,17H,1,8-10H2,2H3,(H,16,19)/t14-/m0/s1. The summed E-state index contributed by atoms with van der Waals surface area (Å²) in [7, 11) is 0. The van der Waals surface area contributed by atoms with Crippen molar-refractivity contribution in [3.63, 3.8) is 0 Å². The molecule has 1 atom stereocenters. The predicted molar refractivity (Wildman–Crippen MR) is 81.6 cm³/mol. The first-order chi connectivity index (χ1) is 9.49. The van der Waals surface area contributed by atoms with Gasteiger partial charge in [0.25, 0.3) is 0 Å². The van der Waals surface area contributed by atoms with Gasteiger partial charge in [-0.3, -0.25) is 9.59 Å². The van der Waals surface area contributed by atoms with Crippen molar-refractivity contribution in [2.45, 2.75) is 13.3 Å². The molecule has 1 rings (SSSR count). The van der Waals surface area contributed by atoms with Crippen molar-refractivity contribution in [3.05, 3.63) is 48.2 Å². The Labute approximate surface area is 123 Å². The second kappa shape index (κ2) is 8.43. The Morgan fingerprint density at radius 1 is 1.35 bits per heavy atom. The molecule has 1 aromatic rings. The van der Waals surface area contributed by atoms with Crippen LogP contribution in [-0.2, 0) is 16.0 Å². The molecule has 0 radical (unpaired) electrons. The van der Waals surface area contributed by atoms with Crippen LogP contribution in [0, 0.1) is 5.92 Å². The van der Waals surface area contributed by atoms with Gasteiger partial charge in [0.05, 0.1) is 12.5 Å². The zero-order chi connectivity index (χ0) is 15.0. The Morgan fingerprint density at radius 3 is 2.55 bits per heavy atom. The minimum Gasteiger partial charge on any atom is -0.511 e. The number of rotatable bonds is 7. The van der Waals surface area contributed by atoms with Gasteiger partial charge < -0.3 is 10.4 Å². The summed E-state index contributed by atoms with van der Waals surface area (Å²) >= 11 is 1.14. The number of hydrogen-bond donors (Lipinski definition) is 2. The molecule has 20 heavy (non-hydrogen) atoms. The predicted octanol–water partition coefficient (Wildman–Crippen LogP) is 2.31. The lowest BCUT2D eigenvalue weighted by atomic mass is 10.0. The number of carbonyl (C=O) groups excluding carboxylic acids is 2. The van der Waals surface area contributed by atoms with E-state index in [9.17, 15) is 9.59 Å². The van der Waals surface area contributed by atoms with E-state index in [0.29, 0.717) is 12.2 Å². The fraction of sp³-hybridized carbons (Fsp3) is 0.333. The first-order valence-corrected chi connectivity index (χ1v) is 7.29. The molecule has 0 fully saturated rings. The van der Waals surface area contributed by atoms with Crippen LogP contribution in [0.1, 0.15) is 12.5 Å². The second-order valence-corrected chi connectivity index (χ2v) is 5.67. The molecule has 4 nitrogen and oxygen atoms in total. The first-order valence-electron chi connectivity index (χ1n) is 6.30. The van der Waals surface area contributed by atoms with Crippen molar-refractivity contribution >= 4 is 22.8 Å². The highest BCUT2D eigenvalue weighted by atomic mass is 32.2. The number of thioether (sulfide) groups is 1. The summed E-state index contributed by atoms with van der Waals surface area (Å²) in [4.78, 5) is 23.1. The van der Waals surface area contributed by atoms with Crippen molar-refractivity contribution in [1.29, 1.82) is 0 Å². The molecule has 1 amide bonds. The summed E-state index contributed by atoms with van der Waals surface area (Å²) in [5.74, 6) is -0.159. The number of aliphatic hydroxyl groups is 1. The molecule has 0 aliphatic carbocycles. The molecule has 5 heteroatoms. The normalized spacial score (nSPS) is 11.7. The number of hydrogen-bond acceptors (Lipinski definition) is 4. The van der Waals surface area contributed by atoms with Gasteiger partial charge in [-0.2, -0.15) is 0 Å². The highest BCUT2D eigenvalue weighted by molar-refractivity contribution is 8.13. The van der Waals surface area contributed by atoms with E-state index in [2.05, 4.69) is 11.9 Å². The van der Waals surface area contributed by atoms with Crippen LogP contribution < -0.4 is 5.32 Å². The first kappa shape index (κ1) is 16.3. The number of benzene rings is 1. The Morgan fingerprint density at radius 2 is 2.00 bits per heavy atom. The molecule has 108 valence electrons. The van der Waals surface area contributed by atoms with E-state index in [1.807, 2.05) is 30.3 Å². The largest absolute Gasteiger partial charge is 0.511 e. The zero-order valence-corrected chi connectivity index (χ0v) is 12.3. The van der Waals surface area contributed by atoms with E-state index in [1.54, 1.807) is 0 Å². The maximum atomic E-state index is 12.1. The highest BCUT2D eigenvalue weighted by Crippen LogP contribution is 2.15. The molecule has 2 N–H and O–H groups in total. The molecule has 0 unspecified atom stereocenters. The molecule has 0 aliphatic rings. The lowest BCUT2D eigenvalue weighted by Crippen LogP contribution is -2.34. The van der Waals surface area contributed by atoms with Crippen LogP contribution in [0.15, 0.2) is 42.7 Å². The van der Waals surface area contributed by atoms with Gasteiger partial charge >= 0.3 is 0 Å². The van der Waals surface area contributed by atoms with Crippen molar-refractivity contribution < 1.29 is 14.7 Å². The molecular weight excluding hydrogens is 274 g/mol.